The molecule has 0 spiro atoms. The molecule has 1 fully saturated rings. The lowest BCUT2D eigenvalue weighted by Gasteiger charge is -2.40. The summed E-state index contributed by atoms with van der Waals surface area (Å²) in [7, 11) is 1.63. The lowest BCUT2D eigenvalue weighted by Crippen LogP contribution is -2.58. The number of methoxy groups -OCH3 is 1. The van der Waals surface area contributed by atoms with Gasteiger partial charge in [0, 0.05) is 36.2 Å². The second-order valence-corrected chi connectivity index (χ2v) is 10.1. The first-order chi connectivity index (χ1) is 15.7. The molecule has 8 nitrogen and oxygen atoms in total. The van der Waals surface area contributed by atoms with Crippen molar-refractivity contribution in [3.8, 4) is 17.0 Å². The zero-order chi connectivity index (χ0) is 23.6. The Morgan fingerprint density at radius 2 is 2.03 bits per heavy atom. The highest BCUT2D eigenvalue weighted by atomic mass is 35.5. The highest BCUT2D eigenvalue weighted by Gasteiger charge is 2.34. The standard InChI is InChI=1S/C23H27ClN4O4S/c1-23(2,3)32-22(29)28-12-15(13-28)25-21-20-17(7-10-33-20)19(26-27-21)16-6-5-14(24)11-18(16)31-9-8-30-4/h5-7,10-11,15H,8-9,12-13H2,1-4H3,(H,25,27). The van der Waals surface area contributed by atoms with Gasteiger partial charge in [0.1, 0.15) is 23.7 Å². The second-order valence-electron chi connectivity index (χ2n) is 8.77. The topological polar surface area (TPSA) is 85.8 Å². The first kappa shape index (κ1) is 23.5. The van der Waals surface area contributed by atoms with E-state index in [4.69, 9.17) is 25.8 Å². The Kier molecular flexibility index (Phi) is 6.92. The summed E-state index contributed by atoms with van der Waals surface area (Å²) < 4.78 is 17.4. The summed E-state index contributed by atoms with van der Waals surface area (Å²) in [5.74, 6) is 1.34. The fraction of sp³-hybridized carbons (Fsp3) is 0.435. The van der Waals surface area contributed by atoms with Gasteiger partial charge in [0.25, 0.3) is 0 Å². The van der Waals surface area contributed by atoms with E-state index in [9.17, 15) is 4.79 Å². The summed E-state index contributed by atoms with van der Waals surface area (Å²) in [5.41, 5.74) is 1.04. The van der Waals surface area contributed by atoms with Gasteiger partial charge >= 0.3 is 6.09 Å². The van der Waals surface area contributed by atoms with Crippen LogP contribution >= 0.6 is 22.9 Å². The predicted molar refractivity (Wildman–Crippen MR) is 130 cm³/mol. The Bertz CT molecular complexity index is 1140. The Labute approximate surface area is 201 Å². The quantitative estimate of drug-likeness (QED) is 0.463. The van der Waals surface area contributed by atoms with E-state index in [1.807, 2.05) is 44.4 Å². The van der Waals surface area contributed by atoms with Crippen LogP contribution in [0.1, 0.15) is 20.8 Å². The number of aromatic nitrogens is 2. The summed E-state index contributed by atoms with van der Waals surface area (Å²) in [5, 5.41) is 16.0. The number of thiophene rings is 1. The van der Waals surface area contributed by atoms with Crippen LogP contribution in [0, 0.1) is 0 Å². The molecule has 2 aromatic heterocycles. The lowest BCUT2D eigenvalue weighted by atomic mass is 10.1. The molecule has 1 aliphatic rings. The fourth-order valence-electron chi connectivity index (χ4n) is 3.46. The van der Waals surface area contributed by atoms with Crippen LogP contribution in [-0.2, 0) is 9.47 Å². The number of benzene rings is 1. The molecule has 1 aliphatic heterocycles. The summed E-state index contributed by atoms with van der Waals surface area (Å²) in [6, 6.07) is 7.59. The van der Waals surface area contributed by atoms with Gasteiger partial charge in [0.05, 0.1) is 17.3 Å². The molecule has 0 bridgehead atoms. The van der Waals surface area contributed by atoms with E-state index in [0.29, 0.717) is 42.9 Å². The number of nitrogens with zero attached hydrogens (tertiary/aromatic N) is 3. The largest absolute Gasteiger partial charge is 0.490 e. The molecule has 176 valence electrons. The highest BCUT2D eigenvalue weighted by Crippen LogP contribution is 2.39. The summed E-state index contributed by atoms with van der Waals surface area (Å²) >= 11 is 7.78. The van der Waals surface area contributed by atoms with Crippen molar-refractivity contribution >= 4 is 44.9 Å². The Morgan fingerprint density at radius 3 is 2.76 bits per heavy atom. The minimum absolute atomic E-state index is 0.0893. The molecule has 1 amide bonds. The summed E-state index contributed by atoms with van der Waals surface area (Å²) in [4.78, 5) is 13.9. The third kappa shape index (κ3) is 5.48. The molecule has 0 radical (unpaired) electrons. The van der Waals surface area contributed by atoms with E-state index in [2.05, 4.69) is 15.5 Å². The predicted octanol–water partition coefficient (Wildman–Crippen LogP) is 5.07. The normalized spacial score (nSPS) is 14.3. The van der Waals surface area contributed by atoms with Gasteiger partial charge in [-0.1, -0.05) is 11.6 Å². The average Bonchev–Trinajstić information content (AvgIpc) is 3.20. The third-order valence-corrected chi connectivity index (χ3v) is 6.16. The Balaban J connectivity index is 1.52. The maximum Gasteiger partial charge on any atom is 0.410 e. The van der Waals surface area contributed by atoms with Crippen LogP contribution in [0.25, 0.3) is 21.3 Å². The number of hydrogen-bond donors (Lipinski definition) is 1. The number of anilines is 1. The number of rotatable bonds is 7. The Morgan fingerprint density at radius 1 is 1.24 bits per heavy atom. The van der Waals surface area contributed by atoms with Crippen molar-refractivity contribution in [2.75, 3.05) is 38.7 Å². The summed E-state index contributed by atoms with van der Waals surface area (Å²) in [6.45, 7) is 7.56. The zero-order valence-corrected chi connectivity index (χ0v) is 20.6. The van der Waals surface area contributed by atoms with Crippen molar-refractivity contribution in [1.29, 1.82) is 0 Å². The highest BCUT2D eigenvalue weighted by molar-refractivity contribution is 7.17. The molecule has 3 heterocycles. The van der Waals surface area contributed by atoms with E-state index in [0.717, 1.165) is 21.3 Å². The third-order valence-electron chi connectivity index (χ3n) is 5.00. The monoisotopic (exact) mass is 490 g/mol. The number of likely N-dealkylation sites (tertiary alicyclic amines) is 1. The van der Waals surface area contributed by atoms with Crippen LogP contribution in [0.5, 0.6) is 5.75 Å². The number of fused-ring (bicyclic) bond motifs is 1. The number of ether oxygens (including phenoxy) is 3. The smallest absolute Gasteiger partial charge is 0.410 e. The molecule has 1 aromatic carbocycles. The maximum atomic E-state index is 12.2. The van der Waals surface area contributed by atoms with Gasteiger partial charge in [-0.15, -0.1) is 21.5 Å². The Hall–Kier alpha value is -2.62. The molecule has 0 atom stereocenters. The minimum atomic E-state index is -0.506. The molecule has 1 N–H and O–H groups in total. The molecule has 0 unspecified atom stereocenters. The molecular weight excluding hydrogens is 464 g/mol. The molecule has 0 saturated carbocycles. The van der Waals surface area contributed by atoms with Gasteiger partial charge in [-0.2, -0.15) is 0 Å². The zero-order valence-electron chi connectivity index (χ0n) is 19.1. The van der Waals surface area contributed by atoms with Gasteiger partial charge in [0.2, 0.25) is 0 Å². The van der Waals surface area contributed by atoms with Gasteiger partial charge in [0.15, 0.2) is 5.82 Å². The fourth-order valence-corrected chi connectivity index (χ4v) is 4.46. The van der Waals surface area contributed by atoms with E-state index < -0.39 is 5.60 Å². The van der Waals surface area contributed by atoms with E-state index in [1.165, 1.54) is 0 Å². The van der Waals surface area contributed by atoms with Crippen LogP contribution in [0.15, 0.2) is 29.6 Å². The number of carbonyl (C=O) groups excluding carboxylic acids is 1. The van der Waals surface area contributed by atoms with Crippen molar-refractivity contribution in [1.82, 2.24) is 15.1 Å². The lowest BCUT2D eigenvalue weighted by molar-refractivity contribution is 0.0105. The molecule has 33 heavy (non-hydrogen) atoms. The van der Waals surface area contributed by atoms with Gasteiger partial charge in [-0.05, 0) is 50.4 Å². The molecule has 3 aromatic rings. The first-order valence-electron chi connectivity index (χ1n) is 10.6. The SMILES string of the molecule is COCCOc1cc(Cl)ccc1-c1nnc(NC2CN(C(=O)OC(C)(C)C)C2)c2sccc12. The van der Waals surface area contributed by atoms with Gasteiger partial charge < -0.3 is 24.4 Å². The van der Waals surface area contributed by atoms with Crippen molar-refractivity contribution in [3.05, 3.63) is 34.7 Å². The molecular formula is C23H27ClN4O4S. The number of nitrogens with one attached hydrogen (secondary N) is 1. The van der Waals surface area contributed by atoms with E-state index in [-0.39, 0.29) is 12.1 Å². The number of carbonyl (C=O) groups is 1. The van der Waals surface area contributed by atoms with E-state index >= 15 is 0 Å². The van der Waals surface area contributed by atoms with Crippen LogP contribution in [0.2, 0.25) is 5.02 Å². The van der Waals surface area contributed by atoms with Gasteiger partial charge in [-0.3, -0.25) is 0 Å². The number of hydrogen-bond acceptors (Lipinski definition) is 8. The van der Waals surface area contributed by atoms with Crippen molar-refractivity contribution in [2.45, 2.75) is 32.4 Å². The van der Waals surface area contributed by atoms with Crippen LogP contribution in [0.4, 0.5) is 10.6 Å². The van der Waals surface area contributed by atoms with Crippen LogP contribution in [-0.4, -0.2) is 66.2 Å². The number of amides is 1. The summed E-state index contributed by atoms with van der Waals surface area (Å²) in [6.07, 6.45) is -0.299. The average molecular weight is 491 g/mol. The van der Waals surface area contributed by atoms with E-state index in [1.54, 1.807) is 29.4 Å². The molecule has 1 saturated heterocycles. The van der Waals surface area contributed by atoms with Crippen molar-refractivity contribution in [2.24, 2.45) is 0 Å². The minimum Gasteiger partial charge on any atom is -0.490 e. The van der Waals surface area contributed by atoms with Crippen molar-refractivity contribution in [3.63, 3.8) is 0 Å². The molecule has 4 rings (SSSR count). The number of halogens is 1. The van der Waals surface area contributed by atoms with Crippen LogP contribution < -0.4 is 10.1 Å². The van der Waals surface area contributed by atoms with Crippen LogP contribution in [0.3, 0.4) is 0 Å². The first-order valence-corrected chi connectivity index (χ1v) is 11.9. The second kappa shape index (κ2) is 9.70. The van der Waals surface area contributed by atoms with Gasteiger partial charge in [-0.25, -0.2) is 4.79 Å². The van der Waals surface area contributed by atoms with Crippen molar-refractivity contribution < 1.29 is 19.0 Å². The molecule has 0 aliphatic carbocycles. The molecule has 10 heteroatoms. The maximum absolute atomic E-state index is 12.2.